The first kappa shape index (κ1) is 20.4. The third kappa shape index (κ3) is 3.42. The second-order valence-electron chi connectivity index (χ2n) is 6.50. The summed E-state index contributed by atoms with van der Waals surface area (Å²) in [5.41, 5.74) is 2.91. The SMILES string of the molecule is CCc1nnc(-c2c(C)c(S(=O)(=O)Nc3cccc(Cl)c3C)c(C)n2CC)o1. The van der Waals surface area contributed by atoms with Crippen molar-refractivity contribution in [3.63, 3.8) is 0 Å². The summed E-state index contributed by atoms with van der Waals surface area (Å²) in [6.45, 7) is 9.73. The van der Waals surface area contributed by atoms with Gasteiger partial charge in [0.1, 0.15) is 10.6 Å². The van der Waals surface area contributed by atoms with Crippen molar-refractivity contribution in [2.24, 2.45) is 0 Å². The molecule has 0 saturated carbocycles. The summed E-state index contributed by atoms with van der Waals surface area (Å²) in [6, 6.07) is 5.12. The van der Waals surface area contributed by atoms with Crippen molar-refractivity contribution in [3.05, 3.63) is 45.9 Å². The quantitative estimate of drug-likeness (QED) is 0.631. The molecule has 0 radical (unpaired) electrons. The van der Waals surface area contributed by atoms with Gasteiger partial charge in [-0.1, -0.05) is 24.6 Å². The van der Waals surface area contributed by atoms with E-state index in [1.54, 1.807) is 39.0 Å². The maximum atomic E-state index is 13.2. The Labute approximate surface area is 169 Å². The lowest BCUT2D eigenvalue weighted by Gasteiger charge is -2.12. The van der Waals surface area contributed by atoms with Crippen LogP contribution in [0.2, 0.25) is 5.02 Å². The summed E-state index contributed by atoms with van der Waals surface area (Å²) < 4.78 is 36.7. The lowest BCUT2D eigenvalue weighted by Crippen LogP contribution is -2.15. The summed E-state index contributed by atoms with van der Waals surface area (Å²) in [4.78, 5) is 0.208. The topological polar surface area (TPSA) is 90.0 Å². The molecule has 0 saturated heterocycles. The average molecular weight is 423 g/mol. The highest BCUT2D eigenvalue weighted by Gasteiger charge is 2.30. The van der Waals surface area contributed by atoms with Gasteiger partial charge in [-0.25, -0.2) is 8.42 Å². The number of aromatic nitrogens is 3. The normalized spacial score (nSPS) is 11.8. The molecule has 3 aromatic rings. The molecule has 28 heavy (non-hydrogen) atoms. The Kier molecular flexibility index (Phi) is 5.54. The Morgan fingerprint density at radius 2 is 1.86 bits per heavy atom. The largest absolute Gasteiger partial charge is 0.419 e. The maximum absolute atomic E-state index is 13.2. The average Bonchev–Trinajstić information content (AvgIpc) is 3.20. The van der Waals surface area contributed by atoms with Crippen molar-refractivity contribution < 1.29 is 12.8 Å². The molecule has 0 bridgehead atoms. The van der Waals surface area contributed by atoms with Crippen LogP contribution >= 0.6 is 11.6 Å². The second kappa shape index (κ2) is 7.60. The molecule has 0 aliphatic carbocycles. The predicted octanol–water partition coefficient (Wildman–Crippen LogP) is 4.50. The number of anilines is 1. The minimum atomic E-state index is -3.85. The number of halogens is 1. The Balaban J connectivity index is 2.15. The highest BCUT2D eigenvalue weighted by Crippen LogP contribution is 2.35. The van der Waals surface area contributed by atoms with Crippen molar-refractivity contribution in [3.8, 4) is 11.6 Å². The van der Waals surface area contributed by atoms with Gasteiger partial charge in [0.25, 0.3) is 15.9 Å². The van der Waals surface area contributed by atoms with Crippen molar-refractivity contribution in [1.29, 1.82) is 0 Å². The van der Waals surface area contributed by atoms with E-state index >= 15 is 0 Å². The van der Waals surface area contributed by atoms with E-state index in [1.165, 1.54) is 0 Å². The fourth-order valence-corrected chi connectivity index (χ4v) is 5.13. The molecule has 2 heterocycles. The number of hydrogen-bond donors (Lipinski definition) is 1. The highest BCUT2D eigenvalue weighted by molar-refractivity contribution is 7.92. The molecule has 9 heteroatoms. The van der Waals surface area contributed by atoms with Gasteiger partial charge in [-0.2, -0.15) is 0 Å². The molecule has 0 atom stereocenters. The van der Waals surface area contributed by atoms with Crippen LogP contribution in [-0.4, -0.2) is 23.2 Å². The van der Waals surface area contributed by atoms with Crippen LogP contribution in [0.4, 0.5) is 5.69 Å². The first-order valence-corrected chi connectivity index (χ1v) is 10.9. The standard InChI is InChI=1S/C19H23ClN4O3S/c1-6-16-21-22-19(27-16)17-12(4)18(13(5)24(17)7-2)28(25,26)23-15-10-8-9-14(20)11(15)3/h8-10,23H,6-7H2,1-5H3. The second-order valence-corrected chi connectivity index (χ2v) is 8.53. The summed E-state index contributed by atoms with van der Waals surface area (Å²) >= 11 is 6.13. The van der Waals surface area contributed by atoms with Gasteiger partial charge in [-0.3, -0.25) is 4.72 Å². The summed E-state index contributed by atoms with van der Waals surface area (Å²) in [5.74, 6) is 0.827. The van der Waals surface area contributed by atoms with E-state index in [4.69, 9.17) is 16.0 Å². The highest BCUT2D eigenvalue weighted by atomic mass is 35.5. The Hall–Kier alpha value is -2.32. The van der Waals surface area contributed by atoms with E-state index < -0.39 is 10.0 Å². The van der Waals surface area contributed by atoms with Gasteiger partial charge in [-0.05, 0) is 45.4 Å². The Bertz CT molecular complexity index is 1130. The summed E-state index contributed by atoms with van der Waals surface area (Å²) in [5, 5.41) is 8.61. The van der Waals surface area contributed by atoms with E-state index in [9.17, 15) is 8.42 Å². The number of hydrogen-bond acceptors (Lipinski definition) is 5. The van der Waals surface area contributed by atoms with Crippen LogP contribution in [0.15, 0.2) is 27.5 Å². The maximum Gasteiger partial charge on any atom is 0.264 e. The van der Waals surface area contributed by atoms with Crippen molar-refractivity contribution >= 4 is 27.3 Å². The van der Waals surface area contributed by atoms with Gasteiger partial charge in [0.05, 0.1) is 5.69 Å². The zero-order chi connectivity index (χ0) is 20.6. The number of nitrogens with one attached hydrogen (secondary N) is 1. The fraction of sp³-hybridized carbons (Fsp3) is 0.368. The molecule has 0 aliphatic rings. The molecule has 150 valence electrons. The fourth-order valence-electron chi connectivity index (χ4n) is 3.34. The van der Waals surface area contributed by atoms with Gasteiger partial charge in [-0.15, -0.1) is 10.2 Å². The third-order valence-corrected chi connectivity index (χ3v) is 6.81. The van der Waals surface area contributed by atoms with Crippen LogP contribution < -0.4 is 4.72 Å². The molecular formula is C19H23ClN4O3S. The minimum absolute atomic E-state index is 0.208. The number of rotatable bonds is 6. The van der Waals surface area contributed by atoms with Crippen LogP contribution in [-0.2, 0) is 23.0 Å². The molecule has 0 unspecified atom stereocenters. The van der Waals surface area contributed by atoms with E-state index in [0.29, 0.717) is 58.0 Å². The van der Waals surface area contributed by atoms with Gasteiger partial charge < -0.3 is 8.98 Å². The smallest absolute Gasteiger partial charge is 0.264 e. The van der Waals surface area contributed by atoms with E-state index in [2.05, 4.69) is 14.9 Å². The van der Waals surface area contributed by atoms with Crippen LogP contribution in [0.5, 0.6) is 0 Å². The van der Waals surface area contributed by atoms with Gasteiger partial charge >= 0.3 is 0 Å². The molecule has 1 N–H and O–H groups in total. The lowest BCUT2D eigenvalue weighted by molar-refractivity contribution is 0.507. The van der Waals surface area contributed by atoms with Crippen LogP contribution in [0.3, 0.4) is 0 Å². The van der Waals surface area contributed by atoms with E-state index in [1.807, 2.05) is 18.4 Å². The van der Waals surface area contributed by atoms with E-state index in [0.717, 1.165) is 0 Å². The minimum Gasteiger partial charge on any atom is -0.419 e. The van der Waals surface area contributed by atoms with Crippen molar-refractivity contribution in [2.75, 3.05) is 4.72 Å². The Morgan fingerprint density at radius 3 is 2.46 bits per heavy atom. The number of aryl methyl sites for hydroxylation is 1. The third-order valence-electron chi connectivity index (χ3n) is 4.77. The lowest BCUT2D eigenvalue weighted by atomic mass is 10.2. The summed E-state index contributed by atoms with van der Waals surface area (Å²) in [6.07, 6.45) is 0.610. The Morgan fingerprint density at radius 1 is 1.14 bits per heavy atom. The molecular weight excluding hydrogens is 400 g/mol. The molecule has 0 aliphatic heterocycles. The summed E-state index contributed by atoms with van der Waals surface area (Å²) in [7, 11) is -3.85. The van der Waals surface area contributed by atoms with Crippen molar-refractivity contribution in [1.82, 2.24) is 14.8 Å². The molecule has 3 rings (SSSR count). The van der Waals surface area contributed by atoms with Crippen LogP contribution in [0, 0.1) is 20.8 Å². The molecule has 2 aromatic heterocycles. The van der Waals surface area contributed by atoms with Crippen molar-refractivity contribution in [2.45, 2.75) is 52.5 Å². The van der Waals surface area contributed by atoms with Gasteiger partial charge in [0.2, 0.25) is 5.89 Å². The monoisotopic (exact) mass is 422 g/mol. The zero-order valence-corrected chi connectivity index (χ0v) is 18.1. The first-order chi connectivity index (χ1) is 13.2. The van der Waals surface area contributed by atoms with Crippen LogP contribution in [0.1, 0.15) is 36.6 Å². The zero-order valence-electron chi connectivity index (χ0n) is 16.5. The molecule has 7 nitrogen and oxygen atoms in total. The first-order valence-electron chi connectivity index (χ1n) is 9.01. The number of sulfonamides is 1. The van der Waals surface area contributed by atoms with Crippen LogP contribution in [0.25, 0.3) is 11.6 Å². The molecule has 0 amide bonds. The van der Waals surface area contributed by atoms with Gasteiger partial charge in [0, 0.05) is 29.2 Å². The number of nitrogens with zero attached hydrogens (tertiary/aromatic N) is 3. The molecule has 1 aromatic carbocycles. The van der Waals surface area contributed by atoms with E-state index in [-0.39, 0.29) is 4.90 Å². The van der Waals surface area contributed by atoms with Gasteiger partial charge in [0.15, 0.2) is 0 Å². The molecule has 0 fully saturated rings. The number of benzene rings is 1. The molecule has 0 spiro atoms. The predicted molar refractivity (Wildman–Crippen MR) is 109 cm³/mol.